The van der Waals surface area contributed by atoms with Crippen molar-refractivity contribution in [3.05, 3.63) is 10.9 Å². The van der Waals surface area contributed by atoms with Crippen LogP contribution in [0.4, 0.5) is 0 Å². The van der Waals surface area contributed by atoms with Crippen molar-refractivity contribution in [3.63, 3.8) is 0 Å². The second-order valence-corrected chi connectivity index (χ2v) is 2.99. The first-order chi connectivity index (χ1) is 5.29. The van der Waals surface area contributed by atoms with E-state index in [1.165, 1.54) is 0 Å². The monoisotopic (exact) mass is 172 g/mol. The largest absolute Gasteiger partial charge is 0.493 e. The molecule has 0 aromatic carbocycles. The van der Waals surface area contributed by atoms with Crippen LogP contribution in [0.25, 0.3) is 0 Å². The van der Waals surface area contributed by atoms with Crippen molar-refractivity contribution < 1.29 is 9.47 Å². The molecule has 0 aliphatic carbocycles. The Morgan fingerprint density at radius 1 is 1.55 bits per heavy atom. The SMILES string of the molecule is CCOc1csc(OC)c1C. The quantitative estimate of drug-likeness (QED) is 0.697. The molecule has 3 heteroatoms. The minimum absolute atomic E-state index is 0.709. The van der Waals surface area contributed by atoms with Gasteiger partial charge in [-0.05, 0) is 13.8 Å². The Labute approximate surface area is 70.8 Å². The van der Waals surface area contributed by atoms with Crippen LogP contribution in [0.2, 0.25) is 0 Å². The molecule has 2 nitrogen and oxygen atoms in total. The van der Waals surface area contributed by atoms with E-state index >= 15 is 0 Å². The van der Waals surface area contributed by atoms with Crippen LogP contribution < -0.4 is 9.47 Å². The van der Waals surface area contributed by atoms with Crippen molar-refractivity contribution in [3.8, 4) is 10.8 Å². The molecule has 0 bridgehead atoms. The predicted molar refractivity (Wildman–Crippen MR) is 46.8 cm³/mol. The smallest absolute Gasteiger partial charge is 0.180 e. The highest BCUT2D eigenvalue weighted by Crippen LogP contribution is 2.34. The fraction of sp³-hybridized carbons (Fsp3) is 0.500. The highest BCUT2D eigenvalue weighted by Gasteiger charge is 2.06. The van der Waals surface area contributed by atoms with Gasteiger partial charge in [-0.3, -0.25) is 0 Å². The Morgan fingerprint density at radius 2 is 2.27 bits per heavy atom. The number of hydrogen-bond donors (Lipinski definition) is 0. The first kappa shape index (κ1) is 8.40. The van der Waals surface area contributed by atoms with Crippen LogP contribution in [0, 0.1) is 6.92 Å². The number of methoxy groups -OCH3 is 1. The number of hydrogen-bond acceptors (Lipinski definition) is 3. The van der Waals surface area contributed by atoms with Gasteiger partial charge in [0.25, 0.3) is 0 Å². The number of thiophene rings is 1. The van der Waals surface area contributed by atoms with Gasteiger partial charge >= 0.3 is 0 Å². The molecular weight excluding hydrogens is 160 g/mol. The fourth-order valence-corrected chi connectivity index (χ4v) is 1.72. The van der Waals surface area contributed by atoms with Gasteiger partial charge in [-0.1, -0.05) is 0 Å². The molecule has 0 spiro atoms. The van der Waals surface area contributed by atoms with Gasteiger partial charge in [0.05, 0.1) is 13.7 Å². The molecule has 1 rings (SSSR count). The van der Waals surface area contributed by atoms with Crippen LogP contribution in [0.1, 0.15) is 12.5 Å². The Bertz CT molecular complexity index is 230. The lowest BCUT2D eigenvalue weighted by molar-refractivity contribution is 0.336. The Hall–Kier alpha value is -0.700. The standard InChI is InChI=1S/C8H12O2S/c1-4-10-7-5-11-8(9-3)6(7)2/h5H,4H2,1-3H3. The summed E-state index contributed by atoms with van der Waals surface area (Å²) in [6.45, 7) is 4.69. The van der Waals surface area contributed by atoms with Gasteiger partial charge in [-0.25, -0.2) is 0 Å². The lowest BCUT2D eigenvalue weighted by atomic mass is 10.3. The van der Waals surface area contributed by atoms with Gasteiger partial charge in [0.1, 0.15) is 5.75 Å². The molecule has 0 N–H and O–H groups in total. The summed E-state index contributed by atoms with van der Waals surface area (Å²) in [6.07, 6.45) is 0. The van der Waals surface area contributed by atoms with E-state index in [0.717, 1.165) is 16.4 Å². The first-order valence-corrected chi connectivity index (χ1v) is 4.42. The van der Waals surface area contributed by atoms with Crippen LogP contribution in [0.5, 0.6) is 10.8 Å². The average Bonchev–Trinajstić information content (AvgIpc) is 2.34. The summed E-state index contributed by atoms with van der Waals surface area (Å²) in [6, 6.07) is 0. The van der Waals surface area contributed by atoms with Crippen LogP contribution in [-0.4, -0.2) is 13.7 Å². The summed E-state index contributed by atoms with van der Waals surface area (Å²) in [5, 5.41) is 2.91. The van der Waals surface area contributed by atoms with E-state index in [-0.39, 0.29) is 0 Å². The van der Waals surface area contributed by atoms with Crippen LogP contribution in [0.3, 0.4) is 0 Å². The van der Waals surface area contributed by atoms with Gasteiger partial charge in [0.2, 0.25) is 0 Å². The second kappa shape index (κ2) is 3.62. The van der Waals surface area contributed by atoms with E-state index in [4.69, 9.17) is 9.47 Å². The average molecular weight is 172 g/mol. The van der Waals surface area contributed by atoms with E-state index in [1.54, 1.807) is 18.4 Å². The molecule has 0 unspecified atom stereocenters. The second-order valence-electron chi connectivity index (χ2n) is 2.15. The molecule has 1 heterocycles. The maximum absolute atomic E-state index is 5.35. The predicted octanol–water partition coefficient (Wildman–Crippen LogP) is 2.46. The third-order valence-electron chi connectivity index (χ3n) is 1.43. The highest BCUT2D eigenvalue weighted by atomic mass is 32.1. The van der Waals surface area contributed by atoms with E-state index in [2.05, 4.69) is 0 Å². The topological polar surface area (TPSA) is 18.5 Å². The Morgan fingerprint density at radius 3 is 2.73 bits per heavy atom. The normalized spacial score (nSPS) is 9.73. The molecule has 1 aromatic rings. The molecule has 11 heavy (non-hydrogen) atoms. The molecule has 0 radical (unpaired) electrons. The summed E-state index contributed by atoms with van der Waals surface area (Å²) in [5.74, 6) is 0.939. The molecule has 0 saturated carbocycles. The molecule has 0 fully saturated rings. The lowest BCUT2D eigenvalue weighted by Crippen LogP contribution is -1.91. The minimum Gasteiger partial charge on any atom is -0.493 e. The van der Waals surface area contributed by atoms with E-state index in [9.17, 15) is 0 Å². The molecule has 0 saturated heterocycles. The van der Waals surface area contributed by atoms with Crippen LogP contribution in [0.15, 0.2) is 5.38 Å². The molecule has 1 aromatic heterocycles. The van der Waals surface area contributed by atoms with Crippen LogP contribution in [-0.2, 0) is 0 Å². The Kier molecular flexibility index (Phi) is 2.76. The molecule has 0 atom stereocenters. The van der Waals surface area contributed by atoms with Gasteiger partial charge < -0.3 is 9.47 Å². The van der Waals surface area contributed by atoms with Gasteiger partial charge in [0, 0.05) is 10.9 Å². The van der Waals surface area contributed by atoms with Crippen LogP contribution >= 0.6 is 11.3 Å². The van der Waals surface area contributed by atoms with Crippen molar-refractivity contribution in [2.45, 2.75) is 13.8 Å². The van der Waals surface area contributed by atoms with Gasteiger partial charge in [-0.2, -0.15) is 0 Å². The maximum atomic E-state index is 5.35. The molecule has 62 valence electrons. The maximum Gasteiger partial charge on any atom is 0.180 e. The zero-order valence-corrected chi connectivity index (χ0v) is 7.83. The molecule has 0 amide bonds. The summed E-state index contributed by atoms with van der Waals surface area (Å²) in [4.78, 5) is 0. The molecule has 0 aliphatic rings. The zero-order chi connectivity index (χ0) is 8.27. The third-order valence-corrected chi connectivity index (χ3v) is 2.45. The van der Waals surface area contributed by atoms with Crippen molar-refractivity contribution in [2.75, 3.05) is 13.7 Å². The number of rotatable bonds is 3. The van der Waals surface area contributed by atoms with Crippen molar-refractivity contribution >= 4 is 11.3 Å². The summed E-state index contributed by atoms with van der Waals surface area (Å²) in [5.41, 5.74) is 1.10. The van der Waals surface area contributed by atoms with E-state index in [1.807, 2.05) is 19.2 Å². The highest BCUT2D eigenvalue weighted by molar-refractivity contribution is 7.12. The molecular formula is C8H12O2S. The minimum atomic E-state index is 0.709. The molecule has 0 aliphatic heterocycles. The Balaban J connectivity index is 2.82. The summed E-state index contributed by atoms with van der Waals surface area (Å²) in [7, 11) is 1.68. The van der Waals surface area contributed by atoms with Crippen molar-refractivity contribution in [2.24, 2.45) is 0 Å². The van der Waals surface area contributed by atoms with Gasteiger partial charge in [0.15, 0.2) is 5.06 Å². The van der Waals surface area contributed by atoms with Gasteiger partial charge in [-0.15, -0.1) is 11.3 Å². The summed E-state index contributed by atoms with van der Waals surface area (Å²) >= 11 is 1.57. The van der Waals surface area contributed by atoms with E-state index < -0.39 is 0 Å². The first-order valence-electron chi connectivity index (χ1n) is 3.54. The van der Waals surface area contributed by atoms with Crippen molar-refractivity contribution in [1.29, 1.82) is 0 Å². The lowest BCUT2D eigenvalue weighted by Gasteiger charge is -2.01. The summed E-state index contributed by atoms with van der Waals surface area (Å²) < 4.78 is 10.5. The van der Waals surface area contributed by atoms with E-state index in [0.29, 0.717) is 6.61 Å². The van der Waals surface area contributed by atoms with Crippen molar-refractivity contribution in [1.82, 2.24) is 0 Å². The number of ether oxygens (including phenoxy) is 2. The fourth-order valence-electron chi connectivity index (χ4n) is 0.883. The zero-order valence-electron chi connectivity index (χ0n) is 7.01. The third kappa shape index (κ3) is 1.66.